The monoisotopic (exact) mass is 453 g/mol. The number of nitrogens with one attached hydrogen (secondary N) is 1. The number of carbonyl (C=O) groups excluding carboxylic acids is 2. The fourth-order valence-electron chi connectivity index (χ4n) is 3.21. The zero-order valence-electron chi connectivity index (χ0n) is 16.9. The molecule has 1 saturated carbocycles. The Kier molecular flexibility index (Phi) is 7.75. The maximum atomic E-state index is 12.3. The summed E-state index contributed by atoms with van der Waals surface area (Å²) in [5.74, 6) is -1.01. The summed E-state index contributed by atoms with van der Waals surface area (Å²) >= 11 is 0. The highest BCUT2D eigenvalue weighted by atomic mass is 31.2. The number of aliphatic imine (C=N–C) groups is 1. The number of phosphoric acid groups is 1. The predicted octanol–water partition coefficient (Wildman–Crippen LogP) is -1.80. The van der Waals surface area contributed by atoms with Crippen LogP contribution in [0.5, 0.6) is 0 Å². The van der Waals surface area contributed by atoms with E-state index in [1.807, 2.05) is 0 Å². The van der Waals surface area contributed by atoms with Crippen molar-refractivity contribution >= 4 is 25.9 Å². The van der Waals surface area contributed by atoms with Gasteiger partial charge in [-0.3, -0.25) is 23.6 Å². The van der Waals surface area contributed by atoms with Gasteiger partial charge in [-0.2, -0.15) is 0 Å². The molecule has 7 atom stereocenters. The number of aliphatic hydroxyl groups is 2. The molecule has 0 aromatic carbocycles. The number of phosphoric ester groups is 1. The summed E-state index contributed by atoms with van der Waals surface area (Å²) in [6, 6.07) is -0.678. The molecule has 172 valence electrons. The number of rotatable bonds is 11. The minimum atomic E-state index is -4.59. The number of carbonyl (C=O) groups is 2. The van der Waals surface area contributed by atoms with Crippen LogP contribution in [0.15, 0.2) is 4.99 Å². The Hall–Kier alpha value is -1.44. The first-order valence-corrected chi connectivity index (χ1v) is 10.6. The van der Waals surface area contributed by atoms with Crippen LogP contribution in [-0.2, 0) is 32.7 Å². The van der Waals surface area contributed by atoms with Crippen molar-refractivity contribution < 1.29 is 47.8 Å². The zero-order valence-corrected chi connectivity index (χ0v) is 17.8. The molecule has 2 fully saturated rings. The normalized spacial score (nSPS) is 36.0. The van der Waals surface area contributed by atoms with Gasteiger partial charge in [0, 0.05) is 26.7 Å². The molecule has 0 aromatic heterocycles. The largest absolute Gasteiger partial charge is 0.472 e. The lowest BCUT2D eigenvalue weighted by molar-refractivity contribution is -0.120. The van der Waals surface area contributed by atoms with Crippen molar-refractivity contribution in [3.63, 3.8) is 0 Å². The third-order valence-electron chi connectivity index (χ3n) is 4.74. The van der Waals surface area contributed by atoms with Gasteiger partial charge in [-0.15, -0.1) is 0 Å². The SMILES string of the molecule is COCC(COP(=O)(O)OC1CC12OC(N=CCC(N)=O)C(C)(O)C2O)NC(C)=O. The van der Waals surface area contributed by atoms with Crippen molar-refractivity contribution in [1.29, 1.82) is 0 Å². The van der Waals surface area contributed by atoms with Crippen molar-refractivity contribution in [2.24, 2.45) is 10.7 Å². The van der Waals surface area contributed by atoms with E-state index in [4.69, 9.17) is 24.3 Å². The lowest BCUT2D eigenvalue weighted by Crippen LogP contribution is -2.46. The topological polar surface area (TPSA) is 199 Å². The molecule has 2 rings (SSSR count). The number of amides is 2. The second-order valence-electron chi connectivity index (χ2n) is 7.47. The van der Waals surface area contributed by atoms with E-state index in [0.29, 0.717) is 0 Å². The molecular formula is C16H28N3O10P. The van der Waals surface area contributed by atoms with Gasteiger partial charge in [0.2, 0.25) is 11.8 Å². The summed E-state index contributed by atoms with van der Waals surface area (Å²) in [5, 5.41) is 23.5. The van der Waals surface area contributed by atoms with Crippen LogP contribution in [0.1, 0.15) is 26.7 Å². The molecular weight excluding hydrogens is 425 g/mol. The van der Waals surface area contributed by atoms with Crippen molar-refractivity contribution in [3.05, 3.63) is 0 Å². The van der Waals surface area contributed by atoms with Crippen molar-refractivity contribution in [2.75, 3.05) is 20.3 Å². The highest BCUT2D eigenvalue weighted by Gasteiger charge is 2.74. The number of nitrogens with two attached hydrogens (primary N) is 1. The van der Waals surface area contributed by atoms with Gasteiger partial charge in [0.05, 0.1) is 25.7 Å². The molecule has 0 bridgehead atoms. The van der Waals surface area contributed by atoms with Gasteiger partial charge >= 0.3 is 7.82 Å². The van der Waals surface area contributed by atoms with E-state index >= 15 is 0 Å². The molecule has 1 saturated heterocycles. The van der Waals surface area contributed by atoms with Crippen LogP contribution in [0.4, 0.5) is 0 Å². The van der Waals surface area contributed by atoms with Crippen LogP contribution >= 0.6 is 7.82 Å². The van der Waals surface area contributed by atoms with E-state index in [2.05, 4.69) is 10.3 Å². The standard InChI is InChI=1S/C16H28N3O10P/c1-9(20)19-10(7-26-3)8-27-30(24,25)29-11-6-16(11)13(22)15(2,23)14(28-16)18-5-4-12(17)21/h5,10-11,13-14,22-23H,4,6-8H2,1-3H3,(H2,17,21)(H,19,20)(H,24,25). The van der Waals surface area contributed by atoms with Gasteiger partial charge in [-0.1, -0.05) is 0 Å². The highest BCUT2D eigenvalue weighted by molar-refractivity contribution is 7.47. The van der Waals surface area contributed by atoms with E-state index in [1.165, 1.54) is 21.0 Å². The molecule has 0 radical (unpaired) electrons. The minimum absolute atomic E-state index is 0.00720. The molecule has 14 heteroatoms. The molecule has 1 heterocycles. The molecule has 1 aliphatic heterocycles. The van der Waals surface area contributed by atoms with E-state index in [1.54, 1.807) is 0 Å². The quantitative estimate of drug-likeness (QED) is 0.176. The second-order valence-corrected chi connectivity index (χ2v) is 8.88. The molecule has 30 heavy (non-hydrogen) atoms. The molecule has 1 aliphatic carbocycles. The summed E-state index contributed by atoms with van der Waals surface area (Å²) in [6.45, 7) is 2.25. The van der Waals surface area contributed by atoms with Crippen molar-refractivity contribution in [3.8, 4) is 0 Å². The summed E-state index contributed by atoms with van der Waals surface area (Å²) < 4.78 is 32.8. The van der Waals surface area contributed by atoms with Gasteiger partial charge in [-0.05, 0) is 6.92 Å². The Balaban J connectivity index is 1.97. The highest BCUT2D eigenvalue weighted by Crippen LogP contribution is 2.60. The molecule has 13 nitrogen and oxygen atoms in total. The van der Waals surface area contributed by atoms with Crippen LogP contribution in [0, 0.1) is 0 Å². The van der Waals surface area contributed by atoms with E-state index in [-0.39, 0.29) is 32.0 Å². The van der Waals surface area contributed by atoms with Crippen LogP contribution in [0.3, 0.4) is 0 Å². The van der Waals surface area contributed by atoms with E-state index in [9.17, 15) is 29.3 Å². The third kappa shape index (κ3) is 5.83. The van der Waals surface area contributed by atoms with E-state index < -0.39 is 49.4 Å². The maximum Gasteiger partial charge on any atom is 0.472 e. The third-order valence-corrected chi connectivity index (χ3v) is 5.74. The van der Waals surface area contributed by atoms with E-state index in [0.717, 1.165) is 6.21 Å². The fraction of sp³-hybridized carbons (Fsp3) is 0.812. The number of hydrogen-bond donors (Lipinski definition) is 5. The number of hydrogen-bond acceptors (Lipinski definition) is 10. The smallest absolute Gasteiger partial charge is 0.387 e. The first-order valence-electron chi connectivity index (χ1n) is 9.14. The Morgan fingerprint density at radius 2 is 2.13 bits per heavy atom. The number of nitrogens with zero attached hydrogens (tertiary/aromatic N) is 1. The average Bonchev–Trinajstić information content (AvgIpc) is 3.25. The molecule has 7 unspecified atom stereocenters. The molecule has 1 spiro atoms. The second kappa shape index (κ2) is 9.37. The fourth-order valence-corrected chi connectivity index (χ4v) is 4.21. The zero-order chi connectivity index (χ0) is 22.7. The minimum Gasteiger partial charge on any atom is -0.387 e. The van der Waals surface area contributed by atoms with Crippen LogP contribution < -0.4 is 11.1 Å². The van der Waals surface area contributed by atoms with Gasteiger partial charge in [0.25, 0.3) is 0 Å². The van der Waals surface area contributed by atoms with Gasteiger partial charge in [0.1, 0.15) is 23.4 Å². The average molecular weight is 453 g/mol. The van der Waals surface area contributed by atoms with Gasteiger partial charge in [0.15, 0.2) is 6.23 Å². The van der Waals surface area contributed by atoms with Crippen LogP contribution in [-0.4, -0.2) is 89.1 Å². The maximum absolute atomic E-state index is 12.3. The first kappa shape index (κ1) is 24.8. The summed E-state index contributed by atoms with van der Waals surface area (Å²) in [6.07, 6.45) is -2.78. The van der Waals surface area contributed by atoms with Crippen LogP contribution in [0.25, 0.3) is 0 Å². The van der Waals surface area contributed by atoms with Gasteiger partial charge in [-0.25, -0.2) is 4.57 Å². The number of primary amides is 1. The number of aliphatic hydroxyl groups excluding tert-OH is 1. The molecule has 2 amide bonds. The van der Waals surface area contributed by atoms with Crippen molar-refractivity contribution in [1.82, 2.24) is 5.32 Å². The summed E-state index contributed by atoms with van der Waals surface area (Å²) in [4.78, 5) is 35.9. The lowest BCUT2D eigenvalue weighted by atomic mass is 9.95. The predicted molar refractivity (Wildman–Crippen MR) is 101 cm³/mol. The number of ether oxygens (including phenoxy) is 2. The van der Waals surface area contributed by atoms with Crippen molar-refractivity contribution in [2.45, 2.75) is 62.4 Å². The Morgan fingerprint density at radius 1 is 1.47 bits per heavy atom. The Morgan fingerprint density at radius 3 is 2.70 bits per heavy atom. The molecule has 2 aliphatic rings. The Bertz CT molecular complexity index is 732. The lowest BCUT2D eigenvalue weighted by Gasteiger charge is -2.24. The molecule has 6 N–H and O–H groups in total. The number of methoxy groups -OCH3 is 1. The summed E-state index contributed by atoms with van der Waals surface area (Å²) in [5.41, 5.74) is 1.73. The molecule has 0 aromatic rings. The Labute approximate surface area is 173 Å². The van der Waals surface area contributed by atoms with Gasteiger partial charge < -0.3 is 35.6 Å². The first-order chi connectivity index (χ1) is 13.8. The van der Waals surface area contributed by atoms with Crippen LogP contribution in [0.2, 0.25) is 0 Å². The summed E-state index contributed by atoms with van der Waals surface area (Å²) in [7, 11) is -3.19.